The highest BCUT2D eigenvalue weighted by atomic mass is 19.1. The minimum atomic E-state index is -0.467. The lowest BCUT2D eigenvalue weighted by atomic mass is 9.92. The highest BCUT2D eigenvalue weighted by Crippen LogP contribution is 2.33. The van der Waals surface area contributed by atoms with Gasteiger partial charge in [0.2, 0.25) is 0 Å². The van der Waals surface area contributed by atoms with Crippen LogP contribution >= 0.6 is 0 Å². The zero-order valence-electron chi connectivity index (χ0n) is 18.5. The standard InChI is InChI=1S/C28H27F2NO/c1-18(31-19(2)24-13-25(30)16-26(14-24)32-3)23-12-22-6-4-5-7-27(22)28(15-23)21-10-8-20(17-29)9-11-21/h4-16,18-19,31H,17H2,1-3H3. The Kier molecular flexibility index (Phi) is 6.52. The number of benzene rings is 4. The first-order valence-corrected chi connectivity index (χ1v) is 10.8. The molecule has 4 aromatic rings. The van der Waals surface area contributed by atoms with Crippen LogP contribution in [0.3, 0.4) is 0 Å². The highest BCUT2D eigenvalue weighted by Gasteiger charge is 2.15. The zero-order chi connectivity index (χ0) is 22.7. The average Bonchev–Trinajstić information content (AvgIpc) is 2.82. The molecule has 0 heterocycles. The van der Waals surface area contributed by atoms with Crippen LogP contribution in [0.1, 0.15) is 42.6 Å². The Hall–Kier alpha value is -3.24. The predicted octanol–water partition coefficient (Wildman–Crippen LogP) is 7.54. The molecular weight excluding hydrogens is 404 g/mol. The van der Waals surface area contributed by atoms with Gasteiger partial charge in [0.25, 0.3) is 0 Å². The number of hydrogen-bond donors (Lipinski definition) is 1. The van der Waals surface area contributed by atoms with Crippen LogP contribution in [0, 0.1) is 5.82 Å². The summed E-state index contributed by atoms with van der Waals surface area (Å²) in [5.74, 6) is 0.191. The second-order valence-corrected chi connectivity index (χ2v) is 8.15. The highest BCUT2D eigenvalue weighted by molar-refractivity contribution is 5.97. The molecule has 2 atom stereocenters. The molecule has 32 heavy (non-hydrogen) atoms. The van der Waals surface area contributed by atoms with Gasteiger partial charge in [0.1, 0.15) is 18.2 Å². The summed E-state index contributed by atoms with van der Waals surface area (Å²) in [7, 11) is 1.54. The summed E-state index contributed by atoms with van der Waals surface area (Å²) in [6.07, 6.45) is 0. The van der Waals surface area contributed by atoms with Crippen molar-refractivity contribution in [2.45, 2.75) is 32.6 Å². The first kappa shape index (κ1) is 22.0. The van der Waals surface area contributed by atoms with Gasteiger partial charge in [-0.25, -0.2) is 8.78 Å². The molecule has 0 bridgehead atoms. The van der Waals surface area contributed by atoms with E-state index in [4.69, 9.17) is 4.74 Å². The maximum atomic E-state index is 14.0. The van der Waals surface area contributed by atoms with Crippen LogP contribution in [0.2, 0.25) is 0 Å². The lowest BCUT2D eigenvalue weighted by Gasteiger charge is -2.23. The van der Waals surface area contributed by atoms with E-state index >= 15 is 0 Å². The summed E-state index contributed by atoms with van der Waals surface area (Å²) in [5, 5.41) is 5.87. The second kappa shape index (κ2) is 9.49. The smallest absolute Gasteiger partial charge is 0.127 e. The van der Waals surface area contributed by atoms with Crippen molar-refractivity contribution in [3.05, 3.63) is 101 Å². The largest absolute Gasteiger partial charge is 0.497 e. The van der Waals surface area contributed by atoms with E-state index in [0.29, 0.717) is 11.3 Å². The molecule has 2 unspecified atom stereocenters. The van der Waals surface area contributed by atoms with E-state index in [-0.39, 0.29) is 17.9 Å². The molecule has 0 aliphatic rings. The lowest BCUT2D eigenvalue weighted by molar-refractivity contribution is 0.408. The molecule has 0 aliphatic heterocycles. The van der Waals surface area contributed by atoms with Gasteiger partial charge < -0.3 is 10.1 Å². The van der Waals surface area contributed by atoms with Crippen LogP contribution in [-0.2, 0) is 6.67 Å². The molecule has 164 valence electrons. The summed E-state index contributed by atoms with van der Waals surface area (Å²) >= 11 is 0. The van der Waals surface area contributed by atoms with Gasteiger partial charge in [-0.2, -0.15) is 0 Å². The Labute approximate surface area is 187 Å². The molecule has 2 nitrogen and oxygen atoms in total. The summed E-state index contributed by atoms with van der Waals surface area (Å²) in [6, 6.07) is 25.0. The van der Waals surface area contributed by atoms with Crippen molar-refractivity contribution < 1.29 is 13.5 Å². The quantitative estimate of drug-likeness (QED) is 0.326. The van der Waals surface area contributed by atoms with E-state index in [1.807, 2.05) is 49.4 Å². The van der Waals surface area contributed by atoms with E-state index in [9.17, 15) is 8.78 Å². The Morgan fingerprint density at radius 2 is 1.53 bits per heavy atom. The van der Waals surface area contributed by atoms with Gasteiger partial charge in [0.05, 0.1) is 7.11 Å². The summed E-state index contributed by atoms with van der Waals surface area (Å²) in [6.45, 7) is 3.65. The summed E-state index contributed by atoms with van der Waals surface area (Å²) in [5.41, 5.74) is 4.79. The van der Waals surface area contributed by atoms with Gasteiger partial charge in [0, 0.05) is 18.2 Å². The van der Waals surface area contributed by atoms with E-state index in [0.717, 1.165) is 33.0 Å². The molecule has 4 aromatic carbocycles. The minimum absolute atomic E-state index is 0.0210. The Morgan fingerprint density at radius 1 is 0.844 bits per heavy atom. The number of methoxy groups -OCH3 is 1. The normalized spacial score (nSPS) is 13.2. The molecule has 0 fully saturated rings. The number of alkyl halides is 1. The fourth-order valence-electron chi connectivity index (χ4n) is 4.12. The third-order valence-corrected chi connectivity index (χ3v) is 5.93. The Balaban J connectivity index is 1.68. The molecule has 4 rings (SSSR count). The first-order valence-electron chi connectivity index (χ1n) is 10.8. The summed E-state index contributed by atoms with van der Waals surface area (Å²) < 4.78 is 32.2. The third-order valence-electron chi connectivity index (χ3n) is 5.93. The van der Waals surface area contributed by atoms with Gasteiger partial charge in [0.15, 0.2) is 0 Å². The number of hydrogen-bond acceptors (Lipinski definition) is 2. The molecule has 0 aromatic heterocycles. The molecule has 0 radical (unpaired) electrons. The van der Waals surface area contributed by atoms with Crippen LogP contribution in [0.4, 0.5) is 8.78 Å². The average molecular weight is 432 g/mol. The lowest BCUT2D eigenvalue weighted by Crippen LogP contribution is -2.22. The minimum Gasteiger partial charge on any atom is -0.497 e. The maximum Gasteiger partial charge on any atom is 0.127 e. The third kappa shape index (κ3) is 4.66. The van der Waals surface area contributed by atoms with Crippen LogP contribution in [0.25, 0.3) is 21.9 Å². The van der Waals surface area contributed by atoms with Crippen molar-refractivity contribution in [1.29, 1.82) is 0 Å². The fourth-order valence-corrected chi connectivity index (χ4v) is 4.12. The van der Waals surface area contributed by atoms with Gasteiger partial charge >= 0.3 is 0 Å². The molecule has 0 amide bonds. The number of fused-ring (bicyclic) bond motifs is 1. The van der Waals surface area contributed by atoms with Gasteiger partial charge in [-0.1, -0.05) is 48.5 Å². The Morgan fingerprint density at radius 3 is 2.22 bits per heavy atom. The number of nitrogens with one attached hydrogen (secondary N) is 1. The number of halogens is 2. The predicted molar refractivity (Wildman–Crippen MR) is 127 cm³/mol. The van der Waals surface area contributed by atoms with Crippen LogP contribution in [0.15, 0.2) is 78.9 Å². The van der Waals surface area contributed by atoms with Crippen molar-refractivity contribution >= 4 is 10.8 Å². The fraction of sp³-hybridized carbons (Fsp3) is 0.214. The number of ether oxygens (including phenoxy) is 1. The van der Waals surface area contributed by atoms with Crippen molar-refractivity contribution in [1.82, 2.24) is 5.32 Å². The van der Waals surface area contributed by atoms with Crippen LogP contribution < -0.4 is 10.1 Å². The summed E-state index contributed by atoms with van der Waals surface area (Å²) in [4.78, 5) is 0. The van der Waals surface area contributed by atoms with E-state index in [1.54, 1.807) is 0 Å². The zero-order valence-corrected chi connectivity index (χ0v) is 18.5. The molecule has 0 saturated heterocycles. The van der Waals surface area contributed by atoms with Gasteiger partial charge in [-0.05, 0) is 76.7 Å². The molecule has 0 spiro atoms. The van der Waals surface area contributed by atoms with Crippen molar-refractivity contribution in [3.63, 3.8) is 0 Å². The van der Waals surface area contributed by atoms with Crippen molar-refractivity contribution in [2.24, 2.45) is 0 Å². The van der Waals surface area contributed by atoms with E-state index in [1.165, 1.54) is 19.2 Å². The SMILES string of the molecule is COc1cc(F)cc(C(C)NC(C)c2cc(-c3ccc(CF)cc3)c3ccccc3c2)c1. The van der Waals surface area contributed by atoms with Crippen molar-refractivity contribution in [3.8, 4) is 16.9 Å². The van der Waals surface area contributed by atoms with Crippen LogP contribution in [0.5, 0.6) is 5.75 Å². The second-order valence-electron chi connectivity index (χ2n) is 8.15. The van der Waals surface area contributed by atoms with E-state index in [2.05, 4.69) is 36.5 Å². The monoisotopic (exact) mass is 431 g/mol. The van der Waals surface area contributed by atoms with Crippen molar-refractivity contribution in [2.75, 3.05) is 7.11 Å². The van der Waals surface area contributed by atoms with Crippen LogP contribution in [-0.4, -0.2) is 7.11 Å². The topological polar surface area (TPSA) is 21.3 Å². The molecular formula is C28H27F2NO. The van der Waals surface area contributed by atoms with E-state index < -0.39 is 6.67 Å². The molecule has 4 heteroatoms. The van der Waals surface area contributed by atoms with Gasteiger partial charge in [-0.15, -0.1) is 0 Å². The van der Waals surface area contributed by atoms with Gasteiger partial charge in [-0.3, -0.25) is 0 Å². The Bertz CT molecular complexity index is 1220. The molecule has 0 aliphatic carbocycles. The number of rotatable bonds is 7. The maximum absolute atomic E-state index is 14.0. The molecule has 1 N–H and O–H groups in total. The molecule has 0 saturated carbocycles. The first-order chi connectivity index (χ1) is 15.5.